The molecular weight excluding hydrogens is 456 g/mol. The van der Waals surface area contributed by atoms with Crippen LogP contribution in [0.1, 0.15) is 18.1 Å². The van der Waals surface area contributed by atoms with Crippen molar-refractivity contribution in [2.75, 3.05) is 7.11 Å². The van der Waals surface area contributed by atoms with Crippen LogP contribution >= 0.6 is 15.9 Å². The fraction of sp³-hybridized carbons (Fsp3) is 0.120. The van der Waals surface area contributed by atoms with E-state index >= 15 is 0 Å². The van der Waals surface area contributed by atoms with Gasteiger partial charge in [-0.1, -0.05) is 28.1 Å². The Kier molecular flexibility index (Phi) is 6.18. The number of pyridine rings is 1. The summed E-state index contributed by atoms with van der Waals surface area (Å²) in [6.45, 7) is 2.34. The monoisotopic (exact) mass is 476 g/mol. The number of carbonyl (C=O) groups is 1. The second-order valence-electron chi connectivity index (χ2n) is 7.11. The molecule has 5 nitrogen and oxygen atoms in total. The molecule has 0 spiro atoms. The standard InChI is InChI=1S/C25H21BrN2O3/c1-16(10-25(29)28-14-17-6-8-27-9-7-17)20-12-21-22(18-4-3-5-19(26)11-18)15-31-24(21)13-23(20)30-2/h3-13,15H,14H2,1-2H3,(H,28,29)/b16-10+. The fourth-order valence-corrected chi connectivity index (χ4v) is 3.83. The number of nitrogens with one attached hydrogen (secondary N) is 1. The first-order chi connectivity index (χ1) is 15.0. The molecule has 0 saturated heterocycles. The minimum atomic E-state index is -0.170. The zero-order valence-electron chi connectivity index (χ0n) is 17.2. The molecule has 6 heteroatoms. The number of hydrogen-bond donors (Lipinski definition) is 1. The number of hydrogen-bond acceptors (Lipinski definition) is 4. The third kappa shape index (κ3) is 4.70. The van der Waals surface area contributed by atoms with Crippen LogP contribution in [0.5, 0.6) is 5.75 Å². The average Bonchev–Trinajstić information content (AvgIpc) is 3.20. The molecule has 0 aliphatic carbocycles. The summed E-state index contributed by atoms with van der Waals surface area (Å²) in [7, 11) is 1.61. The Bertz CT molecular complexity index is 1260. The number of rotatable bonds is 6. The van der Waals surface area contributed by atoms with Gasteiger partial charge in [0.15, 0.2) is 0 Å². The number of halogens is 1. The van der Waals surface area contributed by atoms with Gasteiger partial charge in [0.1, 0.15) is 11.3 Å². The van der Waals surface area contributed by atoms with Crippen molar-refractivity contribution in [2.45, 2.75) is 13.5 Å². The second-order valence-corrected chi connectivity index (χ2v) is 8.02. The summed E-state index contributed by atoms with van der Waals surface area (Å²) < 4.78 is 12.4. The lowest BCUT2D eigenvalue weighted by molar-refractivity contribution is -0.116. The van der Waals surface area contributed by atoms with Crippen molar-refractivity contribution in [1.29, 1.82) is 0 Å². The summed E-state index contributed by atoms with van der Waals surface area (Å²) in [4.78, 5) is 16.5. The molecule has 0 saturated carbocycles. The second kappa shape index (κ2) is 9.18. The molecule has 0 radical (unpaired) electrons. The number of amides is 1. The van der Waals surface area contributed by atoms with Crippen LogP contribution in [0, 0.1) is 0 Å². The van der Waals surface area contributed by atoms with Crippen LogP contribution in [0.15, 0.2) is 82.2 Å². The van der Waals surface area contributed by atoms with Gasteiger partial charge in [0.05, 0.1) is 13.4 Å². The highest BCUT2D eigenvalue weighted by Gasteiger charge is 2.15. The van der Waals surface area contributed by atoms with Gasteiger partial charge in [-0.25, -0.2) is 0 Å². The quantitative estimate of drug-likeness (QED) is 0.347. The molecule has 0 unspecified atom stereocenters. The number of methoxy groups -OCH3 is 1. The first-order valence-corrected chi connectivity index (χ1v) is 10.5. The van der Waals surface area contributed by atoms with E-state index in [1.54, 1.807) is 31.8 Å². The van der Waals surface area contributed by atoms with E-state index in [2.05, 4.69) is 26.2 Å². The Morgan fingerprint density at radius 2 is 2.00 bits per heavy atom. The Morgan fingerprint density at radius 1 is 1.19 bits per heavy atom. The van der Waals surface area contributed by atoms with Crippen LogP contribution in [0.4, 0.5) is 0 Å². The average molecular weight is 477 g/mol. The van der Waals surface area contributed by atoms with E-state index < -0.39 is 0 Å². The van der Waals surface area contributed by atoms with E-state index in [1.165, 1.54) is 0 Å². The van der Waals surface area contributed by atoms with Gasteiger partial charge in [-0.3, -0.25) is 9.78 Å². The molecular formula is C25H21BrN2O3. The Morgan fingerprint density at radius 3 is 2.74 bits per heavy atom. The van der Waals surface area contributed by atoms with Crippen molar-refractivity contribution in [2.24, 2.45) is 0 Å². The number of aromatic nitrogens is 1. The minimum absolute atomic E-state index is 0.170. The molecule has 2 aromatic carbocycles. The predicted molar refractivity (Wildman–Crippen MR) is 126 cm³/mol. The van der Waals surface area contributed by atoms with E-state index in [0.717, 1.165) is 43.3 Å². The van der Waals surface area contributed by atoms with Gasteiger partial charge in [0, 0.05) is 52.1 Å². The number of ether oxygens (including phenoxy) is 1. The minimum Gasteiger partial charge on any atom is -0.496 e. The molecule has 2 heterocycles. The van der Waals surface area contributed by atoms with Crippen molar-refractivity contribution < 1.29 is 13.9 Å². The smallest absolute Gasteiger partial charge is 0.244 e. The van der Waals surface area contributed by atoms with Gasteiger partial charge < -0.3 is 14.5 Å². The maximum absolute atomic E-state index is 12.5. The molecule has 0 aliphatic heterocycles. The maximum atomic E-state index is 12.5. The zero-order chi connectivity index (χ0) is 21.8. The van der Waals surface area contributed by atoms with Gasteiger partial charge >= 0.3 is 0 Å². The number of allylic oxidation sites excluding steroid dienone is 1. The molecule has 1 amide bonds. The molecule has 0 bridgehead atoms. The predicted octanol–water partition coefficient (Wildman–Crippen LogP) is 5.99. The van der Waals surface area contributed by atoms with Gasteiger partial charge in [-0.2, -0.15) is 0 Å². The highest BCUT2D eigenvalue weighted by Crippen LogP contribution is 2.37. The number of furan rings is 1. The number of carbonyl (C=O) groups excluding carboxylic acids is 1. The van der Waals surface area contributed by atoms with Crippen molar-refractivity contribution >= 4 is 38.4 Å². The van der Waals surface area contributed by atoms with Gasteiger partial charge in [0.2, 0.25) is 5.91 Å². The molecule has 0 fully saturated rings. The number of benzene rings is 2. The van der Waals surface area contributed by atoms with Crippen LogP contribution in [-0.2, 0) is 11.3 Å². The van der Waals surface area contributed by atoms with E-state index in [-0.39, 0.29) is 5.91 Å². The summed E-state index contributed by atoms with van der Waals surface area (Å²) in [6.07, 6.45) is 6.74. The lowest BCUT2D eigenvalue weighted by Crippen LogP contribution is -2.20. The fourth-order valence-electron chi connectivity index (χ4n) is 3.43. The van der Waals surface area contributed by atoms with E-state index in [4.69, 9.17) is 9.15 Å². The number of nitrogens with zero attached hydrogens (tertiary/aromatic N) is 1. The lowest BCUT2D eigenvalue weighted by Gasteiger charge is -2.10. The van der Waals surface area contributed by atoms with Gasteiger partial charge in [-0.05, 0) is 54.0 Å². The topological polar surface area (TPSA) is 64.4 Å². The normalized spacial score (nSPS) is 11.5. The van der Waals surface area contributed by atoms with Gasteiger partial charge in [0.25, 0.3) is 0 Å². The molecule has 156 valence electrons. The molecule has 2 aromatic heterocycles. The molecule has 0 atom stereocenters. The lowest BCUT2D eigenvalue weighted by atomic mass is 9.99. The molecule has 4 aromatic rings. The Hall–Kier alpha value is -3.38. The molecule has 31 heavy (non-hydrogen) atoms. The van der Waals surface area contributed by atoms with Crippen LogP contribution < -0.4 is 10.1 Å². The molecule has 0 aliphatic rings. The van der Waals surface area contributed by atoms with Crippen LogP contribution in [0.3, 0.4) is 0 Å². The van der Waals surface area contributed by atoms with Crippen LogP contribution in [0.25, 0.3) is 27.7 Å². The molecule has 1 N–H and O–H groups in total. The highest BCUT2D eigenvalue weighted by molar-refractivity contribution is 9.10. The zero-order valence-corrected chi connectivity index (χ0v) is 18.8. The van der Waals surface area contributed by atoms with Crippen LogP contribution in [0.2, 0.25) is 0 Å². The Balaban J connectivity index is 1.66. The van der Waals surface area contributed by atoms with Gasteiger partial charge in [-0.15, -0.1) is 0 Å². The third-order valence-electron chi connectivity index (χ3n) is 5.02. The summed E-state index contributed by atoms with van der Waals surface area (Å²) in [5, 5.41) is 3.86. The first-order valence-electron chi connectivity index (χ1n) is 9.75. The van der Waals surface area contributed by atoms with Crippen LogP contribution in [-0.4, -0.2) is 18.0 Å². The summed E-state index contributed by atoms with van der Waals surface area (Å²) in [5.41, 5.74) is 5.38. The SMILES string of the molecule is COc1cc2occ(-c3cccc(Br)c3)c2cc1/C(C)=C/C(=O)NCc1ccncc1. The van der Waals surface area contributed by atoms with E-state index in [1.807, 2.05) is 55.5 Å². The Labute approximate surface area is 188 Å². The first kappa shape index (κ1) is 20.9. The highest BCUT2D eigenvalue weighted by atomic mass is 79.9. The van der Waals surface area contributed by atoms with E-state index in [0.29, 0.717) is 12.3 Å². The largest absolute Gasteiger partial charge is 0.496 e. The van der Waals surface area contributed by atoms with Crippen molar-refractivity contribution in [3.05, 3.63) is 88.9 Å². The van der Waals surface area contributed by atoms with Crippen molar-refractivity contribution in [1.82, 2.24) is 10.3 Å². The molecule has 4 rings (SSSR count). The summed E-state index contributed by atoms with van der Waals surface area (Å²) in [6, 6.07) is 15.7. The summed E-state index contributed by atoms with van der Waals surface area (Å²) in [5.74, 6) is 0.481. The third-order valence-corrected chi connectivity index (χ3v) is 5.51. The van der Waals surface area contributed by atoms with E-state index in [9.17, 15) is 4.79 Å². The van der Waals surface area contributed by atoms with Crippen molar-refractivity contribution in [3.63, 3.8) is 0 Å². The number of fused-ring (bicyclic) bond motifs is 1. The summed E-state index contributed by atoms with van der Waals surface area (Å²) >= 11 is 3.52. The van der Waals surface area contributed by atoms with Crippen molar-refractivity contribution in [3.8, 4) is 16.9 Å². The maximum Gasteiger partial charge on any atom is 0.244 e.